The molecule has 1 N–H and O–H groups in total. The minimum atomic E-state index is 0. The number of aromatic nitrogens is 1. The van der Waals surface area contributed by atoms with Crippen LogP contribution in [-0.4, -0.2) is 15.9 Å². The molecule has 0 aliphatic heterocycles. The van der Waals surface area contributed by atoms with Crippen LogP contribution in [0.4, 0.5) is 0 Å². The van der Waals surface area contributed by atoms with E-state index < -0.39 is 0 Å². The molecule has 6 heteroatoms. The van der Waals surface area contributed by atoms with Crippen LogP contribution < -0.4 is 0 Å². The van der Waals surface area contributed by atoms with Crippen LogP contribution in [0.5, 0.6) is 0 Å². The number of thiophene rings is 1. The van der Waals surface area contributed by atoms with E-state index in [9.17, 15) is 9.90 Å². The van der Waals surface area contributed by atoms with Gasteiger partial charge < -0.3 is 9.52 Å². The standard InChI is InChI=1S/C28H28NOS.C13H24O2.Ir/c1-16(2)22-14-19(13-18-9-7-8-10-20(18)22)24-27-21(11-12-29-24)25-26(31-27)17(3)23(30-25)15-28(4,5)6;1-5-10(6-2)12(14)9-13(15)11(7-3)8-4;/h7-12,14,16H,15H2,1-6H3;9-11,14H,5-8H2,1-4H3;/q-1;;/b;12-9-;. The fourth-order valence-corrected chi connectivity index (χ4v) is 7.41. The molecule has 5 aromatic rings. The molecular formula is C41H52IrNO3S-. The summed E-state index contributed by atoms with van der Waals surface area (Å²) in [6.45, 7) is 21.5. The molecule has 0 saturated heterocycles. The van der Waals surface area contributed by atoms with Gasteiger partial charge in [0.1, 0.15) is 5.76 Å². The van der Waals surface area contributed by atoms with E-state index in [2.05, 4.69) is 84.0 Å². The predicted molar refractivity (Wildman–Crippen MR) is 197 cm³/mol. The van der Waals surface area contributed by atoms with Gasteiger partial charge in [0.25, 0.3) is 0 Å². The Labute approximate surface area is 299 Å². The number of aryl methyl sites for hydroxylation is 1. The monoisotopic (exact) mass is 831 g/mol. The summed E-state index contributed by atoms with van der Waals surface area (Å²) in [4.78, 5) is 16.5. The van der Waals surface area contributed by atoms with Gasteiger partial charge in [-0.15, -0.1) is 40.5 Å². The molecule has 1 radical (unpaired) electrons. The van der Waals surface area contributed by atoms with Crippen LogP contribution in [0.25, 0.3) is 42.4 Å². The van der Waals surface area contributed by atoms with Crippen LogP contribution in [0.15, 0.2) is 58.8 Å². The van der Waals surface area contributed by atoms with E-state index in [0.717, 1.165) is 65.5 Å². The first-order valence-corrected chi connectivity index (χ1v) is 17.8. The third-order valence-electron chi connectivity index (χ3n) is 9.00. The molecule has 47 heavy (non-hydrogen) atoms. The van der Waals surface area contributed by atoms with Gasteiger partial charge in [-0.1, -0.05) is 91.5 Å². The Morgan fingerprint density at radius 2 is 1.62 bits per heavy atom. The largest absolute Gasteiger partial charge is 0.512 e. The van der Waals surface area contributed by atoms with Crippen molar-refractivity contribution < 1.29 is 34.4 Å². The van der Waals surface area contributed by atoms with E-state index in [4.69, 9.17) is 9.40 Å². The molecule has 0 fully saturated rings. The third kappa shape index (κ3) is 8.82. The Balaban J connectivity index is 0.000000322. The van der Waals surface area contributed by atoms with Crippen LogP contribution in [0.3, 0.4) is 0 Å². The molecule has 0 amide bonds. The Hall–Kier alpha value is -2.79. The number of aliphatic hydroxyl groups excluding tert-OH is 1. The number of ketones is 1. The molecule has 3 heterocycles. The summed E-state index contributed by atoms with van der Waals surface area (Å²) in [6, 6.07) is 16.5. The third-order valence-corrected chi connectivity index (χ3v) is 10.3. The maximum atomic E-state index is 11.7. The average Bonchev–Trinajstić information content (AvgIpc) is 3.52. The number of furan rings is 1. The Morgan fingerprint density at radius 3 is 2.21 bits per heavy atom. The number of rotatable bonds is 10. The molecule has 255 valence electrons. The first kappa shape index (κ1) is 38.7. The maximum absolute atomic E-state index is 11.7. The molecule has 0 spiro atoms. The number of hydrogen-bond donors (Lipinski definition) is 1. The van der Waals surface area contributed by atoms with Crippen LogP contribution in [0.2, 0.25) is 0 Å². The number of allylic oxidation sites excluding steroid dienone is 2. The number of pyridine rings is 1. The molecule has 3 aromatic heterocycles. The second-order valence-electron chi connectivity index (χ2n) is 14.0. The fourth-order valence-electron chi connectivity index (χ4n) is 6.16. The zero-order chi connectivity index (χ0) is 33.8. The summed E-state index contributed by atoms with van der Waals surface area (Å²) < 4.78 is 8.85. The first-order valence-electron chi connectivity index (χ1n) is 17.0. The minimum Gasteiger partial charge on any atom is -0.512 e. The number of carbonyl (C=O) groups is 1. The molecule has 0 bridgehead atoms. The quantitative estimate of drug-likeness (QED) is 0.0865. The van der Waals surface area contributed by atoms with Crippen molar-refractivity contribution in [2.24, 2.45) is 17.3 Å². The van der Waals surface area contributed by atoms with E-state index in [1.165, 1.54) is 32.0 Å². The number of benzene rings is 2. The van der Waals surface area contributed by atoms with Gasteiger partial charge in [-0.25, -0.2) is 0 Å². The number of aliphatic hydroxyl groups is 1. The molecule has 0 atom stereocenters. The van der Waals surface area contributed by atoms with Crippen LogP contribution >= 0.6 is 11.3 Å². The molecular weight excluding hydrogens is 779 g/mol. The molecule has 0 aliphatic rings. The predicted octanol–water partition coefficient (Wildman–Crippen LogP) is 12.6. The summed E-state index contributed by atoms with van der Waals surface area (Å²) in [5, 5.41) is 13.3. The number of hydrogen-bond acceptors (Lipinski definition) is 5. The van der Waals surface area contributed by atoms with Crippen molar-refractivity contribution in [3.8, 4) is 11.3 Å². The van der Waals surface area contributed by atoms with E-state index in [1.807, 2.05) is 33.9 Å². The van der Waals surface area contributed by atoms with Gasteiger partial charge in [-0.05, 0) is 50.0 Å². The molecule has 0 aliphatic carbocycles. The van der Waals surface area contributed by atoms with Crippen molar-refractivity contribution in [3.05, 3.63) is 77.4 Å². The van der Waals surface area contributed by atoms with Crippen molar-refractivity contribution >= 4 is 48.3 Å². The molecule has 0 unspecified atom stereocenters. The number of carbonyl (C=O) groups excluding carboxylic acids is 1. The summed E-state index contributed by atoms with van der Waals surface area (Å²) in [6.07, 6.45) is 7.75. The minimum absolute atomic E-state index is 0. The van der Waals surface area contributed by atoms with Crippen molar-refractivity contribution in [2.45, 2.75) is 107 Å². The van der Waals surface area contributed by atoms with Crippen LogP contribution in [0, 0.1) is 30.2 Å². The van der Waals surface area contributed by atoms with Gasteiger partial charge in [-0.2, -0.15) is 0 Å². The Bertz CT molecular complexity index is 1830. The molecule has 2 aromatic carbocycles. The molecule has 0 saturated carbocycles. The van der Waals surface area contributed by atoms with Crippen LogP contribution in [-0.2, 0) is 31.3 Å². The summed E-state index contributed by atoms with van der Waals surface area (Å²) in [5.41, 5.74) is 5.86. The van der Waals surface area contributed by atoms with Crippen LogP contribution in [0.1, 0.15) is 111 Å². The van der Waals surface area contributed by atoms with E-state index in [1.54, 1.807) is 11.3 Å². The van der Waals surface area contributed by atoms with Gasteiger partial charge in [0, 0.05) is 72.0 Å². The summed E-state index contributed by atoms with van der Waals surface area (Å²) >= 11 is 1.80. The van der Waals surface area contributed by atoms with Gasteiger partial charge in [0.05, 0.1) is 10.5 Å². The van der Waals surface area contributed by atoms with Gasteiger partial charge in [0.15, 0.2) is 11.4 Å². The smallest absolute Gasteiger partial charge is 0.162 e. The van der Waals surface area contributed by atoms with Crippen molar-refractivity contribution in [3.63, 3.8) is 0 Å². The normalized spacial score (nSPS) is 12.3. The number of fused-ring (bicyclic) bond motifs is 4. The SMILES string of the molecule is CCC(CC)C(=O)/C=C(\O)C(CC)CC.Cc1c(CC(C)(C)C)oc2c1sc1c(-c3[c-]c4ccccc4c(C(C)C)c3)nccc12.[Ir]. The summed E-state index contributed by atoms with van der Waals surface area (Å²) in [7, 11) is 0. The second-order valence-corrected chi connectivity index (χ2v) is 15.0. The van der Waals surface area contributed by atoms with Crippen molar-refractivity contribution in [1.82, 2.24) is 4.98 Å². The van der Waals surface area contributed by atoms with Gasteiger partial charge in [-0.3, -0.25) is 9.78 Å². The van der Waals surface area contributed by atoms with Crippen molar-refractivity contribution in [1.29, 1.82) is 0 Å². The van der Waals surface area contributed by atoms with Gasteiger partial charge in [0.2, 0.25) is 0 Å². The van der Waals surface area contributed by atoms with E-state index >= 15 is 0 Å². The zero-order valence-corrected chi connectivity index (χ0v) is 33.1. The first-order chi connectivity index (χ1) is 21.8. The topological polar surface area (TPSA) is 63.3 Å². The Morgan fingerprint density at radius 1 is 0.979 bits per heavy atom. The Kier molecular flexibility index (Phi) is 13.6. The van der Waals surface area contributed by atoms with Crippen molar-refractivity contribution in [2.75, 3.05) is 0 Å². The van der Waals surface area contributed by atoms with E-state index in [0.29, 0.717) is 5.92 Å². The zero-order valence-electron chi connectivity index (χ0n) is 29.8. The number of nitrogens with zero attached hydrogens (tertiary/aromatic N) is 1. The molecule has 4 nitrogen and oxygen atoms in total. The second kappa shape index (κ2) is 16.5. The average molecular weight is 831 g/mol. The summed E-state index contributed by atoms with van der Waals surface area (Å²) in [5.74, 6) is 2.08. The molecule has 5 rings (SSSR count). The fraction of sp³-hybridized carbons (Fsp3) is 0.463. The van der Waals surface area contributed by atoms with E-state index in [-0.39, 0.29) is 48.9 Å². The van der Waals surface area contributed by atoms with Gasteiger partial charge >= 0.3 is 0 Å². The maximum Gasteiger partial charge on any atom is 0.162 e.